The van der Waals surface area contributed by atoms with E-state index in [1.165, 1.54) is 7.05 Å². The molecule has 2 amide bonds. The maximum Gasteiger partial charge on any atom is 0.295 e. The van der Waals surface area contributed by atoms with E-state index in [2.05, 4.69) is 10.5 Å². The second-order valence-corrected chi connectivity index (χ2v) is 5.23. The van der Waals surface area contributed by atoms with Gasteiger partial charge in [-0.15, -0.1) is 0 Å². The van der Waals surface area contributed by atoms with Crippen LogP contribution in [0.15, 0.2) is 34.9 Å². The molecule has 7 nitrogen and oxygen atoms in total. The molecule has 1 heterocycles. The van der Waals surface area contributed by atoms with Crippen molar-refractivity contribution in [2.45, 2.75) is 13.8 Å². The molecule has 0 aliphatic rings. The van der Waals surface area contributed by atoms with E-state index in [4.69, 9.17) is 4.52 Å². The van der Waals surface area contributed by atoms with E-state index in [1.54, 1.807) is 37.3 Å². The van der Waals surface area contributed by atoms with Crippen LogP contribution in [0.2, 0.25) is 0 Å². The predicted molar refractivity (Wildman–Crippen MR) is 83.0 cm³/mol. The topological polar surface area (TPSA) is 92.5 Å². The van der Waals surface area contributed by atoms with Gasteiger partial charge in [-0.3, -0.25) is 14.4 Å². The van der Waals surface area contributed by atoms with Crippen LogP contribution in [0.3, 0.4) is 0 Å². The van der Waals surface area contributed by atoms with Gasteiger partial charge in [0.2, 0.25) is 11.7 Å². The summed E-state index contributed by atoms with van der Waals surface area (Å²) < 4.78 is 4.82. The van der Waals surface area contributed by atoms with Crippen LogP contribution in [-0.4, -0.2) is 41.2 Å². The summed E-state index contributed by atoms with van der Waals surface area (Å²) >= 11 is 0. The first-order valence-electron chi connectivity index (χ1n) is 6.96. The highest BCUT2D eigenvalue weighted by atomic mass is 16.5. The normalized spacial score (nSPS) is 10.2. The Balaban J connectivity index is 1.95. The van der Waals surface area contributed by atoms with Gasteiger partial charge in [-0.1, -0.05) is 35.0 Å². The van der Waals surface area contributed by atoms with Crippen LogP contribution in [0.5, 0.6) is 0 Å². The summed E-state index contributed by atoms with van der Waals surface area (Å²) in [5.41, 5.74) is 1.28. The average Bonchev–Trinajstić information content (AvgIpc) is 2.91. The van der Waals surface area contributed by atoms with E-state index in [9.17, 15) is 14.4 Å². The lowest BCUT2D eigenvalue weighted by molar-refractivity contribution is -0.129. The SMILES string of the molecule is Cc1ccc(C(=O)C(=O)N(C)CC(=O)Nc2cc(C)on2)cc1. The van der Waals surface area contributed by atoms with Crippen molar-refractivity contribution in [1.82, 2.24) is 10.1 Å². The lowest BCUT2D eigenvalue weighted by Gasteiger charge is -2.15. The number of carbonyl (C=O) groups is 3. The first kappa shape index (κ1) is 16.4. The molecule has 0 radical (unpaired) electrons. The summed E-state index contributed by atoms with van der Waals surface area (Å²) in [6.07, 6.45) is 0. The van der Waals surface area contributed by atoms with E-state index < -0.39 is 17.6 Å². The van der Waals surface area contributed by atoms with Gasteiger partial charge in [0.25, 0.3) is 5.91 Å². The Morgan fingerprint density at radius 1 is 1.17 bits per heavy atom. The van der Waals surface area contributed by atoms with Crippen molar-refractivity contribution in [2.24, 2.45) is 0 Å². The minimum atomic E-state index is -0.750. The lowest BCUT2D eigenvalue weighted by Crippen LogP contribution is -2.39. The molecule has 0 saturated carbocycles. The van der Waals surface area contributed by atoms with Crippen molar-refractivity contribution in [3.63, 3.8) is 0 Å². The van der Waals surface area contributed by atoms with Crippen LogP contribution in [0.25, 0.3) is 0 Å². The molecule has 0 unspecified atom stereocenters. The fourth-order valence-corrected chi connectivity index (χ4v) is 1.90. The zero-order valence-corrected chi connectivity index (χ0v) is 13.1. The molecule has 0 fully saturated rings. The molecular weight excluding hydrogens is 298 g/mol. The van der Waals surface area contributed by atoms with Crippen molar-refractivity contribution >= 4 is 23.4 Å². The molecule has 0 spiro atoms. The van der Waals surface area contributed by atoms with E-state index >= 15 is 0 Å². The van der Waals surface area contributed by atoms with Gasteiger partial charge < -0.3 is 14.7 Å². The highest BCUT2D eigenvalue weighted by molar-refractivity contribution is 6.42. The Bertz CT molecular complexity index is 734. The molecule has 1 N–H and O–H groups in total. The number of amides is 2. The molecule has 2 aromatic rings. The minimum absolute atomic E-state index is 0.262. The van der Waals surface area contributed by atoms with Crippen molar-refractivity contribution in [3.05, 3.63) is 47.2 Å². The van der Waals surface area contributed by atoms with Gasteiger partial charge in [0, 0.05) is 18.7 Å². The summed E-state index contributed by atoms with van der Waals surface area (Å²) in [6, 6.07) is 8.22. The number of aryl methyl sites for hydroxylation is 2. The van der Waals surface area contributed by atoms with Gasteiger partial charge in [-0.25, -0.2) is 0 Å². The third-order valence-corrected chi connectivity index (χ3v) is 3.13. The Labute approximate surface area is 133 Å². The molecule has 7 heteroatoms. The molecule has 0 saturated heterocycles. The summed E-state index contributed by atoms with van der Waals surface area (Å²) in [4.78, 5) is 37.1. The second-order valence-electron chi connectivity index (χ2n) is 5.23. The highest BCUT2D eigenvalue weighted by Gasteiger charge is 2.22. The van der Waals surface area contributed by atoms with E-state index in [1.807, 2.05) is 6.92 Å². The van der Waals surface area contributed by atoms with Gasteiger partial charge in [-0.05, 0) is 13.8 Å². The number of ketones is 1. The van der Waals surface area contributed by atoms with Crippen molar-refractivity contribution in [1.29, 1.82) is 0 Å². The maximum atomic E-state index is 12.1. The summed E-state index contributed by atoms with van der Waals surface area (Å²) in [5.74, 6) is -1.05. The first-order valence-corrected chi connectivity index (χ1v) is 6.96. The van der Waals surface area contributed by atoms with E-state index in [0.717, 1.165) is 10.5 Å². The monoisotopic (exact) mass is 315 g/mol. The fourth-order valence-electron chi connectivity index (χ4n) is 1.90. The molecule has 0 aliphatic heterocycles. The fraction of sp³-hybridized carbons (Fsp3) is 0.250. The third-order valence-electron chi connectivity index (χ3n) is 3.13. The quantitative estimate of drug-likeness (QED) is 0.668. The van der Waals surface area contributed by atoms with Gasteiger partial charge >= 0.3 is 0 Å². The number of anilines is 1. The Morgan fingerprint density at radius 2 is 1.83 bits per heavy atom. The van der Waals surface area contributed by atoms with Crippen LogP contribution in [0.4, 0.5) is 5.82 Å². The van der Waals surface area contributed by atoms with Gasteiger partial charge in [0.15, 0.2) is 5.82 Å². The molecule has 1 aromatic heterocycles. The average molecular weight is 315 g/mol. The van der Waals surface area contributed by atoms with E-state index in [-0.39, 0.29) is 12.4 Å². The summed E-state index contributed by atoms with van der Waals surface area (Å²) in [6.45, 7) is 3.32. The number of rotatable bonds is 5. The summed E-state index contributed by atoms with van der Waals surface area (Å²) in [5, 5.41) is 6.11. The first-order chi connectivity index (χ1) is 10.9. The Kier molecular flexibility index (Phi) is 4.90. The molecule has 0 bridgehead atoms. The Hall–Kier alpha value is -2.96. The van der Waals surface area contributed by atoms with Crippen molar-refractivity contribution in [3.8, 4) is 0 Å². The van der Waals surface area contributed by atoms with Crippen molar-refractivity contribution < 1.29 is 18.9 Å². The van der Waals surface area contributed by atoms with Crippen LogP contribution in [0, 0.1) is 13.8 Å². The molecule has 1 aromatic carbocycles. The number of benzene rings is 1. The number of nitrogens with zero attached hydrogens (tertiary/aromatic N) is 2. The lowest BCUT2D eigenvalue weighted by atomic mass is 10.1. The number of hydrogen-bond acceptors (Lipinski definition) is 5. The molecule has 0 aliphatic carbocycles. The standard InChI is InChI=1S/C16H17N3O4/c1-10-4-6-12(7-5-10)15(21)16(22)19(3)9-14(20)17-13-8-11(2)23-18-13/h4-8H,9H2,1-3H3,(H,17,18,20). The zero-order chi connectivity index (χ0) is 17.0. The predicted octanol–water partition coefficient (Wildman–Crippen LogP) is 1.57. The summed E-state index contributed by atoms with van der Waals surface area (Å²) in [7, 11) is 1.39. The molecule has 23 heavy (non-hydrogen) atoms. The number of Topliss-reactive ketones (excluding diaryl/α,β-unsaturated/α-hetero) is 1. The number of likely N-dealkylation sites (N-methyl/N-ethyl adjacent to an activating group) is 1. The molecule has 120 valence electrons. The van der Waals surface area contributed by atoms with Crippen LogP contribution in [0.1, 0.15) is 21.7 Å². The van der Waals surface area contributed by atoms with Gasteiger partial charge in [0.1, 0.15) is 12.3 Å². The number of aromatic nitrogens is 1. The number of hydrogen-bond donors (Lipinski definition) is 1. The second kappa shape index (κ2) is 6.87. The van der Waals surface area contributed by atoms with Crippen molar-refractivity contribution in [2.75, 3.05) is 18.9 Å². The third kappa shape index (κ3) is 4.26. The zero-order valence-electron chi connectivity index (χ0n) is 13.1. The largest absolute Gasteiger partial charge is 0.360 e. The number of nitrogens with one attached hydrogen (secondary N) is 1. The van der Waals surface area contributed by atoms with E-state index in [0.29, 0.717) is 11.3 Å². The smallest absolute Gasteiger partial charge is 0.295 e. The molecule has 2 rings (SSSR count). The van der Waals surface area contributed by atoms with Crippen LogP contribution in [-0.2, 0) is 9.59 Å². The molecule has 0 atom stereocenters. The van der Waals surface area contributed by atoms with Gasteiger partial charge in [-0.2, -0.15) is 0 Å². The minimum Gasteiger partial charge on any atom is -0.360 e. The van der Waals surface area contributed by atoms with Crippen LogP contribution >= 0.6 is 0 Å². The van der Waals surface area contributed by atoms with Gasteiger partial charge in [0.05, 0.1) is 0 Å². The number of carbonyl (C=O) groups excluding carboxylic acids is 3. The maximum absolute atomic E-state index is 12.1. The molecular formula is C16H17N3O4. The highest BCUT2D eigenvalue weighted by Crippen LogP contribution is 2.08. The Morgan fingerprint density at radius 3 is 2.39 bits per heavy atom. The van der Waals surface area contributed by atoms with Crippen LogP contribution < -0.4 is 5.32 Å².